The van der Waals surface area contributed by atoms with E-state index in [4.69, 9.17) is 4.74 Å². The number of carbonyl (C=O) groups is 1. The summed E-state index contributed by atoms with van der Waals surface area (Å²) in [6.45, 7) is 7.96. The van der Waals surface area contributed by atoms with Gasteiger partial charge in [0.25, 0.3) is 0 Å². The first-order valence-electron chi connectivity index (χ1n) is 3.42. The monoisotopic (exact) mass is 169 g/mol. The molecule has 0 spiro atoms. The zero-order valence-electron chi connectivity index (χ0n) is 9.02. The van der Waals surface area contributed by atoms with Gasteiger partial charge in [0.1, 0.15) is 5.60 Å². The maximum absolute atomic E-state index is 10.7. The number of amides is 1. The predicted octanol–water partition coefficient (Wildman–Crippen LogP) is -1.35. The van der Waals surface area contributed by atoms with Crippen molar-refractivity contribution in [3.05, 3.63) is 0 Å². The van der Waals surface area contributed by atoms with Gasteiger partial charge in [0.05, 0.1) is 0 Å². The number of alkyl carbamates (subject to hydrolysis) is 1. The average molecular weight is 169 g/mol. The Hall–Kier alpha value is 0.270. The second-order valence-electron chi connectivity index (χ2n) is 3.03. The number of carbonyl (C=O) groups excluding carboxylic acids is 1. The largest absolute Gasteiger partial charge is 1.00 e. The molecule has 1 N–H and O–H groups in total. The van der Waals surface area contributed by atoms with Crippen molar-refractivity contribution in [3.8, 4) is 0 Å². The van der Waals surface area contributed by atoms with Crippen molar-refractivity contribution in [2.45, 2.75) is 33.3 Å². The van der Waals surface area contributed by atoms with Gasteiger partial charge in [-0.15, -0.1) is 0 Å². The Morgan fingerprint density at radius 1 is 1.55 bits per heavy atom. The summed E-state index contributed by atoms with van der Waals surface area (Å²) in [5.41, 5.74) is -0.390. The number of hydrogen-bond acceptors (Lipinski definition) is 2. The van der Waals surface area contributed by atoms with Crippen molar-refractivity contribution in [1.82, 2.24) is 5.32 Å². The van der Waals surface area contributed by atoms with Crippen molar-refractivity contribution in [1.29, 1.82) is 0 Å². The Bertz CT molecular complexity index is 125. The van der Waals surface area contributed by atoms with Gasteiger partial charge >= 0.3 is 35.7 Å². The van der Waals surface area contributed by atoms with Crippen LogP contribution in [0.2, 0.25) is 0 Å². The minimum atomic E-state index is -0.390. The maximum atomic E-state index is 10.7. The first kappa shape index (κ1) is 13.8. The van der Waals surface area contributed by atoms with E-state index >= 15 is 0 Å². The van der Waals surface area contributed by atoms with Crippen LogP contribution in [0.25, 0.3) is 0 Å². The molecule has 0 heterocycles. The minimum Gasteiger partial charge on any atom is -1.00 e. The van der Waals surface area contributed by atoms with Gasteiger partial charge in [-0.2, -0.15) is 0 Å². The van der Waals surface area contributed by atoms with E-state index in [1.807, 2.05) is 27.7 Å². The summed E-state index contributed by atoms with van der Waals surface area (Å²) >= 11 is 0. The van der Waals surface area contributed by atoms with Crippen LogP contribution in [-0.2, 0) is 4.74 Å². The van der Waals surface area contributed by atoms with E-state index in [1.54, 1.807) is 0 Å². The van der Waals surface area contributed by atoms with Crippen LogP contribution >= 0.6 is 0 Å². The molecule has 0 aliphatic carbocycles. The third-order valence-electron chi connectivity index (χ3n) is 0.720. The van der Waals surface area contributed by atoms with Crippen LogP contribution < -0.4 is 34.9 Å². The van der Waals surface area contributed by atoms with Crippen LogP contribution in [-0.4, -0.2) is 18.2 Å². The van der Waals surface area contributed by atoms with E-state index in [-0.39, 0.29) is 42.7 Å². The molecule has 0 aliphatic heterocycles. The Labute approximate surface area is 91.7 Å². The molecule has 0 fully saturated rings. The normalized spacial score (nSPS) is 9.82. The van der Waals surface area contributed by atoms with E-state index < -0.39 is 0 Å². The van der Waals surface area contributed by atoms with Crippen molar-refractivity contribution in [2.75, 3.05) is 6.54 Å². The summed E-state index contributed by atoms with van der Waals surface area (Å²) in [6.07, 6.45) is -0.352. The summed E-state index contributed by atoms with van der Waals surface area (Å²) in [5.74, 6) is 0. The Morgan fingerprint density at radius 3 is 2.27 bits per heavy atom. The number of hydrogen-bond donors (Lipinski definition) is 1. The fourth-order valence-electron chi connectivity index (χ4n) is 0.459. The second-order valence-corrected chi connectivity index (χ2v) is 3.03. The number of rotatable bonds is 1. The fraction of sp³-hybridized carbons (Fsp3) is 0.857. The molecule has 0 aliphatic rings. The van der Waals surface area contributed by atoms with Gasteiger partial charge in [0.15, 0.2) is 0 Å². The third kappa shape index (κ3) is 10.3. The molecule has 3 nitrogen and oxygen atoms in total. The Balaban J connectivity index is -0.000000405. The first-order chi connectivity index (χ1) is 4.45. The van der Waals surface area contributed by atoms with E-state index in [9.17, 15) is 4.79 Å². The molecular formula is C7H16NNaO2. The van der Waals surface area contributed by atoms with E-state index in [1.165, 1.54) is 0 Å². The Kier molecular flexibility index (Phi) is 7.37. The van der Waals surface area contributed by atoms with Crippen LogP contribution in [0.15, 0.2) is 0 Å². The molecule has 0 radical (unpaired) electrons. The second kappa shape index (κ2) is 5.86. The van der Waals surface area contributed by atoms with Gasteiger partial charge in [0.2, 0.25) is 0 Å². The molecule has 0 atom stereocenters. The van der Waals surface area contributed by atoms with Gasteiger partial charge in [-0.1, -0.05) is 0 Å². The van der Waals surface area contributed by atoms with Crippen LogP contribution in [0.4, 0.5) is 4.79 Å². The van der Waals surface area contributed by atoms with Gasteiger partial charge in [-0.05, 0) is 27.7 Å². The summed E-state index contributed by atoms with van der Waals surface area (Å²) in [7, 11) is 0. The zero-order valence-corrected chi connectivity index (χ0v) is 10.0. The van der Waals surface area contributed by atoms with Gasteiger partial charge in [0, 0.05) is 6.54 Å². The molecule has 0 rings (SSSR count). The van der Waals surface area contributed by atoms with E-state index in [0.717, 1.165) is 0 Å². The number of nitrogens with one attached hydrogen (secondary N) is 1. The molecule has 0 saturated carbocycles. The molecule has 0 bridgehead atoms. The van der Waals surface area contributed by atoms with Crippen molar-refractivity contribution < 1.29 is 40.5 Å². The smallest absolute Gasteiger partial charge is 1.00 e. The van der Waals surface area contributed by atoms with Gasteiger partial charge < -0.3 is 11.5 Å². The summed E-state index contributed by atoms with van der Waals surface area (Å²) < 4.78 is 4.93. The molecule has 0 unspecified atom stereocenters. The maximum Gasteiger partial charge on any atom is 1.00 e. The molecule has 62 valence electrons. The van der Waals surface area contributed by atoms with E-state index in [0.29, 0.717) is 6.54 Å². The molecular weight excluding hydrogens is 153 g/mol. The SMILES string of the molecule is CCNC(=O)OC(C)(C)C.[H-].[Na+]. The third-order valence-corrected chi connectivity index (χ3v) is 0.720. The van der Waals surface area contributed by atoms with Crippen LogP contribution in [0, 0.1) is 0 Å². The summed E-state index contributed by atoms with van der Waals surface area (Å²) in [6, 6.07) is 0. The molecule has 1 amide bonds. The number of ether oxygens (including phenoxy) is 1. The summed E-state index contributed by atoms with van der Waals surface area (Å²) in [4.78, 5) is 10.7. The standard InChI is InChI=1S/C7H15NO2.Na.H/c1-5-8-6(9)10-7(2,3)4;;/h5H2,1-4H3,(H,8,9);;/q;+1;-1. The molecule has 0 aromatic carbocycles. The quantitative estimate of drug-likeness (QED) is 0.493. The van der Waals surface area contributed by atoms with Crippen molar-refractivity contribution >= 4 is 6.09 Å². The van der Waals surface area contributed by atoms with Crippen LogP contribution in [0.3, 0.4) is 0 Å². The molecule has 11 heavy (non-hydrogen) atoms. The fourth-order valence-corrected chi connectivity index (χ4v) is 0.459. The van der Waals surface area contributed by atoms with Gasteiger partial charge in [-0.25, -0.2) is 4.79 Å². The molecule has 0 aromatic heterocycles. The molecule has 0 saturated heterocycles. The van der Waals surface area contributed by atoms with Gasteiger partial charge in [-0.3, -0.25) is 0 Å². The van der Waals surface area contributed by atoms with Crippen molar-refractivity contribution in [2.24, 2.45) is 0 Å². The zero-order chi connectivity index (χ0) is 8.20. The molecule has 4 heteroatoms. The van der Waals surface area contributed by atoms with Crippen LogP contribution in [0.1, 0.15) is 29.1 Å². The summed E-state index contributed by atoms with van der Waals surface area (Å²) in [5, 5.41) is 2.54. The minimum absolute atomic E-state index is 0. The predicted molar refractivity (Wildman–Crippen MR) is 41.0 cm³/mol. The van der Waals surface area contributed by atoms with E-state index in [2.05, 4.69) is 5.32 Å². The van der Waals surface area contributed by atoms with Crippen LogP contribution in [0.5, 0.6) is 0 Å². The molecule has 0 aromatic rings. The Morgan fingerprint density at radius 2 is 2.00 bits per heavy atom. The first-order valence-corrected chi connectivity index (χ1v) is 3.42. The average Bonchev–Trinajstić information content (AvgIpc) is 1.59. The topological polar surface area (TPSA) is 38.3 Å². The van der Waals surface area contributed by atoms with Crippen molar-refractivity contribution in [3.63, 3.8) is 0 Å².